The molecule has 0 saturated heterocycles. The number of aryl methyl sites for hydroxylation is 2. The van der Waals surface area contributed by atoms with E-state index in [0.717, 1.165) is 24.8 Å². The van der Waals surface area contributed by atoms with Crippen LogP contribution in [0.1, 0.15) is 36.5 Å². The normalized spacial score (nSPS) is 11.0. The van der Waals surface area contributed by atoms with Crippen LogP contribution in [-0.2, 0) is 16.4 Å². The average molecular weight is 455 g/mol. The zero-order valence-corrected chi connectivity index (χ0v) is 18.9. The Morgan fingerprint density at radius 1 is 1.10 bits per heavy atom. The lowest BCUT2D eigenvalue weighted by molar-refractivity contribution is 0.480. The largest absolute Gasteiger partial charge is 0.456 e. The zero-order valence-electron chi connectivity index (χ0n) is 17.4. The van der Waals surface area contributed by atoms with Crippen LogP contribution in [-0.4, -0.2) is 8.42 Å². The molecule has 0 saturated carbocycles. The lowest BCUT2D eigenvalue weighted by Gasteiger charge is -2.13. The van der Waals surface area contributed by atoms with Crippen molar-refractivity contribution in [2.45, 2.75) is 38.0 Å². The summed E-state index contributed by atoms with van der Waals surface area (Å²) in [5.74, 6) is 0.705. The monoisotopic (exact) mass is 454 g/mol. The fourth-order valence-corrected chi connectivity index (χ4v) is 4.43. The molecule has 0 aromatic heterocycles. The van der Waals surface area contributed by atoms with Gasteiger partial charge >= 0.3 is 0 Å². The van der Waals surface area contributed by atoms with Crippen molar-refractivity contribution in [2.24, 2.45) is 0 Å². The maximum Gasteiger partial charge on any atom is 0.261 e. The van der Waals surface area contributed by atoms with Gasteiger partial charge in [0.2, 0.25) is 0 Å². The molecular weight excluding hydrogens is 432 g/mol. The summed E-state index contributed by atoms with van der Waals surface area (Å²) in [5.41, 5.74) is 2.85. The fraction of sp³-hybridized carbons (Fsp3) is 0.208. The molecule has 0 atom stereocenters. The predicted molar refractivity (Wildman–Crippen MR) is 123 cm³/mol. The van der Waals surface area contributed by atoms with Gasteiger partial charge in [0.05, 0.1) is 15.6 Å². The molecule has 0 aliphatic heterocycles. The third-order valence-corrected chi connectivity index (χ3v) is 6.50. The van der Waals surface area contributed by atoms with Crippen molar-refractivity contribution < 1.29 is 13.2 Å². The van der Waals surface area contributed by atoms with Gasteiger partial charge in [-0.1, -0.05) is 43.1 Å². The first-order valence-electron chi connectivity index (χ1n) is 9.93. The maximum absolute atomic E-state index is 12.8. The number of unbranched alkanes of at least 4 members (excludes halogenated alkanes) is 1. The number of nitriles is 1. The van der Waals surface area contributed by atoms with Gasteiger partial charge < -0.3 is 4.74 Å². The number of nitrogens with zero attached hydrogens (tertiary/aromatic N) is 1. The van der Waals surface area contributed by atoms with Crippen molar-refractivity contribution in [3.8, 4) is 17.6 Å². The van der Waals surface area contributed by atoms with Gasteiger partial charge in [-0.25, -0.2) is 8.42 Å². The average Bonchev–Trinajstić information content (AvgIpc) is 2.74. The van der Waals surface area contributed by atoms with E-state index in [-0.39, 0.29) is 10.5 Å². The van der Waals surface area contributed by atoms with E-state index >= 15 is 0 Å². The Morgan fingerprint density at radius 3 is 2.48 bits per heavy atom. The molecular formula is C24H23ClN2O3S. The molecule has 1 N–H and O–H groups in total. The van der Waals surface area contributed by atoms with Gasteiger partial charge in [-0.3, -0.25) is 4.72 Å². The van der Waals surface area contributed by atoms with Crippen LogP contribution in [0.15, 0.2) is 65.6 Å². The van der Waals surface area contributed by atoms with Crippen LogP contribution in [0.2, 0.25) is 5.02 Å². The van der Waals surface area contributed by atoms with Crippen molar-refractivity contribution in [3.05, 3.63) is 82.4 Å². The Kier molecular flexibility index (Phi) is 7.21. The van der Waals surface area contributed by atoms with E-state index in [0.29, 0.717) is 22.2 Å². The first kappa shape index (κ1) is 22.7. The van der Waals surface area contributed by atoms with Crippen molar-refractivity contribution in [1.82, 2.24) is 0 Å². The smallest absolute Gasteiger partial charge is 0.261 e. The molecule has 0 bridgehead atoms. The van der Waals surface area contributed by atoms with Crippen LogP contribution in [0.4, 0.5) is 5.69 Å². The summed E-state index contributed by atoms with van der Waals surface area (Å²) in [4.78, 5) is 0.112. The van der Waals surface area contributed by atoms with Gasteiger partial charge in [0.1, 0.15) is 23.1 Å². The Balaban J connectivity index is 1.76. The molecule has 31 heavy (non-hydrogen) atoms. The van der Waals surface area contributed by atoms with Gasteiger partial charge in [-0.2, -0.15) is 5.26 Å². The van der Waals surface area contributed by atoms with E-state index in [1.54, 1.807) is 24.3 Å². The highest BCUT2D eigenvalue weighted by Crippen LogP contribution is 2.30. The van der Waals surface area contributed by atoms with E-state index in [2.05, 4.69) is 11.6 Å². The number of rotatable bonds is 8. The molecule has 0 radical (unpaired) electrons. The van der Waals surface area contributed by atoms with Crippen LogP contribution in [0.3, 0.4) is 0 Å². The molecule has 0 fully saturated rings. The van der Waals surface area contributed by atoms with Crippen LogP contribution in [0.5, 0.6) is 11.5 Å². The van der Waals surface area contributed by atoms with Crippen molar-refractivity contribution >= 4 is 27.3 Å². The van der Waals surface area contributed by atoms with E-state index < -0.39 is 10.0 Å². The highest BCUT2D eigenvalue weighted by molar-refractivity contribution is 7.92. The van der Waals surface area contributed by atoms with E-state index in [4.69, 9.17) is 16.3 Å². The van der Waals surface area contributed by atoms with E-state index in [1.165, 1.54) is 29.8 Å². The van der Waals surface area contributed by atoms with E-state index in [9.17, 15) is 13.7 Å². The predicted octanol–water partition coefficient (Wildman–Crippen LogP) is 6.46. The van der Waals surface area contributed by atoms with Crippen LogP contribution >= 0.6 is 11.6 Å². The number of hydrogen-bond donors (Lipinski definition) is 1. The number of benzene rings is 3. The minimum Gasteiger partial charge on any atom is -0.456 e. The standard InChI is InChI=1S/C24H23ClN2O3S/c1-3-4-6-18-9-14-23(17(2)15-18)27-31(28,29)20-12-10-19(11-13-20)30-24-8-5-7-22(25)21(24)16-26/h5,7-15,27H,3-4,6H2,1-2H3. The summed E-state index contributed by atoms with van der Waals surface area (Å²) >= 11 is 6.02. The highest BCUT2D eigenvalue weighted by atomic mass is 35.5. The van der Waals surface area contributed by atoms with E-state index in [1.807, 2.05) is 25.1 Å². The van der Waals surface area contributed by atoms with Crippen LogP contribution < -0.4 is 9.46 Å². The molecule has 3 aromatic rings. The third-order valence-electron chi connectivity index (χ3n) is 4.80. The Morgan fingerprint density at radius 2 is 1.84 bits per heavy atom. The number of hydrogen-bond acceptors (Lipinski definition) is 4. The summed E-state index contributed by atoms with van der Waals surface area (Å²) < 4.78 is 34.0. The fourth-order valence-electron chi connectivity index (χ4n) is 3.09. The van der Waals surface area contributed by atoms with Crippen LogP contribution in [0.25, 0.3) is 0 Å². The molecule has 0 heterocycles. The SMILES string of the molecule is CCCCc1ccc(NS(=O)(=O)c2ccc(Oc3cccc(Cl)c3C#N)cc2)c(C)c1. The number of anilines is 1. The molecule has 7 heteroatoms. The van der Waals surface area contributed by atoms with Crippen LogP contribution in [0, 0.1) is 18.3 Å². The highest BCUT2D eigenvalue weighted by Gasteiger charge is 2.16. The molecule has 5 nitrogen and oxygen atoms in total. The molecule has 0 spiro atoms. The number of sulfonamides is 1. The second-order valence-corrected chi connectivity index (χ2v) is 9.25. The second kappa shape index (κ2) is 9.86. The number of ether oxygens (including phenoxy) is 1. The molecule has 3 aromatic carbocycles. The topological polar surface area (TPSA) is 79.2 Å². The molecule has 0 aliphatic rings. The summed E-state index contributed by atoms with van der Waals surface area (Å²) in [6.45, 7) is 4.03. The Hall–Kier alpha value is -3.01. The third kappa shape index (κ3) is 5.57. The maximum atomic E-state index is 12.8. The van der Waals surface area contributed by atoms with Gasteiger partial charge in [-0.05, 0) is 73.4 Å². The van der Waals surface area contributed by atoms with Gasteiger partial charge in [0.15, 0.2) is 0 Å². The Labute approximate surface area is 188 Å². The molecule has 160 valence electrons. The minimum atomic E-state index is -3.75. The van der Waals surface area contributed by atoms with Gasteiger partial charge in [-0.15, -0.1) is 0 Å². The summed E-state index contributed by atoms with van der Waals surface area (Å²) in [6, 6.07) is 18.7. The first-order chi connectivity index (χ1) is 14.8. The van der Waals surface area contributed by atoms with Crippen molar-refractivity contribution in [2.75, 3.05) is 4.72 Å². The molecule has 3 rings (SSSR count). The van der Waals surface area contributed by atoms with Crippen molar-refractivity contribution in [1.29, 1.82) is 5.26 Å². The van der Waals surface area contributed by atoms with Gasteiger partial charge in [0, 0.05) is 0 Å². The molecule has 0 unspecified atom stereocenters. The first-order valence-corrected chi connectivity index (χ1v) is 11.8. The zero-order chi connectivity index (χ0) is 22.4. The lowest BCUT2D eigenvalue weighted by atomic mass is 10.1. The molecule has 0 aliphatic carbocycles. The quantitative estimate of drug-likeness (QED) is 0.423. The van der Waals surface area contributed by atoms with Gasteiger partial charge in [0.25, 0.3) is 10.0 Å². The van der Waals surface area contributed by atoms with Crippen molar-refractivity contribution in [3.63, 3.8) is 0 Å². The minimum absolute atomic E-state index is 0.112. The second-order valence-electron chi connectivity index (χ2n) is 7.16. The number of halogens is 1. The number of nitrogens with one attached hydrogen (secondary N) is 1. The lowest BCUT2D eigenvalue weighted by Crippen LogP contribution is -2.13. The summed E-state index contributed by atoms with van der Waals surface area (Å²) in [5, 5.41) is 9.54. The Bertz CT molecular complexity index is 1220. The molecule has 0 amide bonds. The summed E-state index contributed by atoms with van der Waals surface area (Å²) in [6.07, 6.45) is 3.19. The summed E-state index contributed by atoms with van der Waals surface area (Å²) in [7, 11) is -3.75.